The Labute approximate surface area is 517 Å². The van der Waals surface area contributed by atoms with Crippen LogP contribution in [-0.4, -0.2) is 16.7 Å². The lowest BCUT2D eigenvalue weighted by atomic mass is 9.95. The number of aromatic nitrogens is 2. The molecule has 89 heavy (non-hydrogen) atoms. The Bertz CT molecular complexity index is 4650. The van der Waals surface area contributed by atoms with Gasteiger partial charge in [0.15, 0.2) is 0 Å². The van der Waals surface area contributed by atoms with Crippen LogP contribution in [0.2, 0.25) is 0 Å². The fourth-order valence-electron chi connectivity index (χ4n) is 11.2. The molecule has 0 bridgehead atoms. The van der Waals surface area contributed by atoms with Gasteiger partial charge in [0.2, 0.25) is 16.7 Å². The molecule has 1 aliphatic heterocycles. The van der Waals surface area contributed by atoms with E-state index in [1.54, 1.807) is 0 Å². The van der Waals surface area contributed by atoms with E-state index < -0.39 is 0 Å². The normalized spacial score (nSPS) is 13.0. The molecule has 2 heterocycles. The van der Waals surface area contributed by atoms with Crippen molar-refractivity contribution in [2.45, 2.75) is 6.04 Å². The number of hydrogen-bond donors (Lipinski definition) is 7. The molecular formula is C78H62N11+. The Morgan fingerprint density at radius 3 is 1.20 bits per heavy atom. The largest absolute Gasteiger partial charge is 0.355 e. The first-order chi connectivity index (χ1) is 44.1. The van der Waals surface area contributed by atoms with Crippen molar-refractivity contribution in [3.05, 3.63) is 339 Å². The molecule has 7 N–H and O–H groups in total. The van der Waals surface area contributed by atoms with Gasteiger partial charge in [-0.15, -0.1) is 4.57 Å². The minimum absolute atomic E-state index is 0.162. The second-order valence-corrected chi connectivity index (χ2v) is 21.5. The number of para-hydroxylation sites is 9. The summed E-state index contributed by atoms with van der Waals surface area (Å²) in [5.74, 6) is 0. The van der Waals surface area contributed by atoms with E-state index in [1.165, 1.54) is 0 Å². The summed E-state index contributed by atoms with van der Waals surface area (Å²) in [5.41, 5.74) is 22.6. The number of aliphatic imine (C=N–C) groups is 1. The third-order valence-corrected chi connectivity index (χ3v) is 15.4. The zero-order valence-corrected chi connectivity index (χ0v) is 48.5. The van der Waals surface area contributed by atoms with Crippen LogP contribution in [0.1, 0.15) is 0 Å². The Morgan fingerprint density at radius 2 is 0.708 bits per heavy atom. The molecule has 0 fully saturated rings. The van der Waals surface area contributed by atoms with Gasteiger partial charge >= 0.3 is 0 Å². The lowest BCUT2D eigenvalue weighted by Gasteiger charge is -2.39. The third-order valence-electron chi connectivity index (χ3n) is 15.4. The smallest absolute Gasteiger partial charge is 0.239 e. The predicted molar refractivity (Wildman–Crippen MR) is 372 cm³/mol. The number of benzene rings is 12. The average molecular weight is 1150 g/mol. The average Bonchev–Trinajstić information content (AvgIpc) is 0.922. The van der Waals surface area contributed by atoms with Gasteiger partial charge in [0.25, 0.3) is 0 Å². The van der Waals surface area contributed by atoms with Crippen molar-refractivity contribution in [2.24, 2.45) is 4.99 Å². The van der Waals surface area contributed by atoms with Crippen molar-refractivity contribution in [1.82, 2.24) is 4.98 Å². The van der Waals surface area contributed by atoms with Crippen molar-refractivity contribution >= 4 is 113 Å². The number of nitrogens with zero attached hydrogens (tertiary/aromatic N) is 4. The van der Waals surface area contributed by atoms with E-state index in [-0.39, 0.29) is 6.04 Å². The second kappa shape index (κ2) is 25.6. The maximum atomic E-state index is 5.35. The van der Waals surface area contributed by atoms with Gasteiger partial charge in [0.05, 0.1) is 57.3 Å². The summed E-state index contributed by atoms with van der Waals surface area (Å²) in [6, 6.07) is 108. The van der Waals surface area contributed by atoms with E-state index in [0.717, 1.165) is 130 Å². The molecule has 0 radical (unpaired) electrons. The number of hydrogen-bond acceptors (Lipinski definition) is 10. The molecule has 0 saturated carbocycles. The van der Waals surface area contributed by atoms with Gasteiger partial charge in [0.1, 0.15) is 11.0 Å². The number of nitrogens with one attached hydrogen (secondary N) is 7. The van der Waals surface area contributed by atoms with Gasteiger partial charge in [-0.25, -0.2) is 9.98 Å². The fourth-order valence-corrected chi connectivity index (χ4v) is 11.2. The molecule has 15 rings (SSSR count). The summed E-state index contributed by atoms with van der Waals surface area (Å²) >= 11 is 0. The van der Waals surface area contributed by atoms with Crippen LogP contribution in [0, 0.1) is 0 Å². The standard InChI is InChI=1S/C42H34N6.C36H27N5/c1-6-16-30(17-7-1)43-35-26-39-41(28-37(35)45-32-20-10-3-11-21-32)48(34-24-14-5-15-25-34)42-29-38(46-33-22-12-4-13-23-33)36(27-40(42)47-39)44-31-18-8-2-9-19-31;1-5-13-26(14-6-1)37-29-21-22-31-35(23-29)41(30-19-11-4-12-20-30)36-25-33(39-28-17-9-3-10-18-28)32(24-34(36)40-31)38-27-15-7-2-8-16-27/h1-29,41,43-46H;1-25H,(H2,37,38,39,40)/p+1. The molecule has 1 atom stereocenters. The third kappa shape index (κ3) is 12.6. The minimum atomic E-state index is -0.162. The molecule has 428 valence electrons. The van der Waals surface area contributed by atoms with Crippen LogP contribution >= 0.6 is 0 Å². The highest BCUT2D eigenvalue weighted by atomic mass is 15.2. The first-order valence-electron chi connectivity index (χ1n) is 29.8. The topological polar surface area (TPSA) is 117 Å². The van der Waals surface area contributed by atoms with Crippen LogP contribution in [-0.2, 0) is 0 Å². The molecule has 2 aliphatic rings. The van der Waals surface area contributed by atoms with E-state index >= 15 is 0 Å². The first-order valence-corrected chi connectivity index (χ1v) is 29.8. The van der Waals surface area contributed by atoms with Crippen LogP contribution in [0.15, 0.2) is 344 Å². The van der Waals surface area contributed by atoms with Gasteiger partial charge in [-0.2, -0.15) is 0 Å². The molecule has 12 aromatic carbocycles. The van der Waals surface area contributed by atoms with Crippen molar-refractivity contribution in [3.8, 4) is 5.69 Å². The zero-order chi connectivity index (χ0) is 59.6. The minimum Gasteiger partial charge on any atom is -0.355 e. The van der Waals surface area contributed by atoms with Crippen molar-refractivity contribution in [1.29, 1.82) is 0 Å². The summed E-state index contributed by atoms with van der Waals surface area (Å²) in [7, 11) is 0. The molecule has 13 aromatic rings. The molecule has 0 amide bonds. The maximum absolute atomic E-state index is 5.35. The zero-order valence-electron chi connectivity index (χ0n) is 48.5. The summed E-state index contributed by atoms with van der Waals surface area (Å²) in [4.78, 5) is 12.9. The Kier molecular flexibility index (Phi) is 15.7. The molecule has 0 spiro atoms. The van der Waals surface area contributed by atoms with E-state index in [0.29, 0.717) is 0 Å². The van der Waals surface area contributed by atoms with E-state index in [2.05, 4.69) is 241 Å². The molecule has 1 aliphatic carbocycles. The number of fused-ring (bicyclic) bond motifs is 4. The summed E-state index contributed by atoms with van der Waals surface area (Å²) in [5, 5.41) is 25.4. The second-order valence-electron chi connectivity index (χ2n) is 21.5. The van der Waals surface area contributed by atoms with Crippen LogP contribution in [0.3, 0.4) is 0 Å². The fraction of sp³-hybridized carbons (Fsp3) is 0.0128. The van der Waals surface area contributed by atoms with E-state index in [4.69, 9.17) is 9.98 Å². The van der Waals surface area contributed by atoms with E-state index in [1.807, 2.05) is 133 Å². The van der Waals surface area contributed by atoms with Gasteiger partial charge in [-0.1, -0.05) is 164 Å². The van der Waals surface area contributed by atoms with Gasteiger partial charge in [-0.05, 0) is 140 Å². The molecule has 0 saturated heterocycles. The number of anilines is 14. The number of rotatable bonds is 16. The van der Waals surface area contributed by atoms with Crippen molar-refractivity contribution in [3.63, 3.8) is 0 Å². The van der Waals surface area contributed by atoms with E-state index in [9.17, 15) is 0 Å². The highest BCUT2D eigenvalue weighted by Crippen LogP contribution is 2.47. The summed E-state index contributed by atoms with van der Waals surface area (Å²) < 4.78 is 2.29. The van der Waals surface area contributed by atoms with Crippen molar-refractivity contribution < 1.29 is 4.57 Å². The predicted octanol–water partition coefficient (Wildman–Crippen LogP) is 19.7. The van der Waals surface area contributed by atoms with Gasteiger partial charge in [-0.3, -0.25) is 0 Å². The van der Waals surface area contributed by atoms with Crippen LogP contribution in [0.25, 0.3) is 27.8 Å². The van der Waals surface area contributed by atoms with Gasteiger partial charge in [0, 0.05) is 75.5 Å². The Morgan fingerprint density at radius 1 is 0.315 bits per heavy atom. The molecule has 1 unspecified atom stereocenters. The maximum Gasteiger partial charge on any atom is 0.239 e. The van der Waals surface area contributed by atoms with Crippen LogP contribution in [0.4, 0.5) is 85.3 Å². The Hall–Kier alpha value is -12.2. The highest BCUT2D eigenvalue weighted by Gasteiger charge is 2.34. The van der Waals surface area contributed by atoms with Crippen LogP contribution < -0.4 is 46.7 Å². The lowest BCUT2D eigenvalue weighted by Crippen LogP contribution is -2.41. The monoisotopic (exact) mass is 1150 g/mol. The molecule has 11 heteroatoms. The SMILES string of the molecule is C1=C(Nc2ccccc2)C(Nc2ccccc2)=CC2C1=Nc1cc(Nc3ccccc3)c(Nc3ccccc3)cc1N2c1ccccc1.c1ccc(Nc2ccc3nc4cc(Nc5ccccc5)c(Nc5ccccc5)cc4[n+](-c4ccccc4)c3c2)cc1. The molecule has 1 aromatic heterocycles. The van der Waals surface area contributed by atoms with Crippen molar-refractivity contribution in [2.75, 3.05) is 42.1 Å². The van der Waals surface area contributed by atoms with Gasteiger partial charge < -0.3 is 42.1 Å². The van der Waals surface area contributed by atoms with Crippen LogP contribution in [0.5, 0.6) is 0 Å². The summed E-state index contributed by atoms with van der Waals surface area (Å²) in [6.45, 7) is 0. The molecular weight excluding hydrogens is 1090 g/mol. The quantitative estimate of drug-likeness (QED) is 0.0375. The molecule has 11 nitrogen and oxygen atoms in total. The summed E-state index contributed by atoms with van der Waals surface area (Å²) in [6.07, 6.45) is 4.44. The Balaban J connectivity index is 0.000000158. The highest BCUT2D eigenvalue weighted by molar-refractivity contribution is 6.12. The lowest BCUT2D eigenvalue weighted by molar-refractivity contribution is -0.538. The first kappa shape index (κ1) is 54.7.